The van der Waals surface area contributed by atoms with Crippen molar-refractivity contribution in [3.8, 4) is 0 Å². The number of aryl methyl sites for hydroxylation is 3. The van der Waals surface area contributed by atoms with Gasteiger partial charge in [0.05, 0.1) is 11.4 Å². The average Bonchev–Trinajstić information content (AvgIpc) is 2.53. The quantitative estimate of drug-likeness (QED) is 0.392. The number of hydrogen-bond donors (Lipinski definition) is 0. The van der Waals surface area contributed by atoms with Crippen LogP contribution in [0.4, 0.5) is 17.1 Å². The predicted molar refractivity (Wildman–Crippen MR) is 99.5 cm³/mol. The highest BCUT2D eigenvalue weighted by atomic mass is 32.2. The number of benzene rings is 3. The second-order valence-corrected chi connectivity index (χ2v) is 7.25. The fraction of sp³-hybridized carbons (Fsp3) is 0.143. The normalized spacial score (nSPS) is 12.7. The van der Waals surface area contributed by atoms with E-state index in [1.165, 1.54) is 43.5 Å². The predicted octanol–water partition coefficient (Wildman–Crippen LogP) is 6.55. The summed E-state index contributed by atoms with van der Waals surface area (Å²) in [6.45, 7) is 6.49. The van der Waals surface area contributed by atoms with Crippen molar-refractivity contribution in [2.75, 3.05) is 4.90 Å². The van der Waals surface area contributed by atoms with E-state index in [4.69, 9.17) is 0 Å². The van der Waals surface area contributed by atoms with Crippen molar-refractivity contribution >= 4 is 28.8 Å². The van der Waals surface area contributed by atoms with Crippen LogP contribution in [0.5, 0.6) is 0 Å². The molecule has 1 aliphatic rings. The van der Waals surface area contributed by atoms with Crippen LogP contribution in [0.2, 0.25) is 0 Å². The molecule has 3 aromatic carbocycles. The lowest BCUT2D eigenvalue weighted by Crippen LogP contribution is -2.16. The molecular weight excluding hydrogens is 298 g/mol. The molecule has 0 radical (unpaired) electrons. The maximum Gasteiger partial charge on any atom is 0.0601 e. The van der Waals surface area contributed by atoms with E-state index in [1.54, 1.807) is 0 Å². The molecule has 0 spiro atoms. The molecule has 0 saturated heterocycles. The molecular formula is C21H19NS. The minimum Gasteiger partial charge on any atom is -0.308 e. The summed E-state index contributed by atoms with van der Waals surface area (Å²) in [5.74, 6) is 0. The van der Waals surface area contributed by atoms with Crippen LogP contribution in [0.1, 0.15) is 16.7 Å². The third kappa shape index (κ3) is 2.43. The Bertz CT molecular complexity index is 847. The van der Waals surface area contributed by atoms with Crippen LogP contribution in [-0.2, 0) is 0 Å². The Morgan fingerprint density at radius 2 is 1.22 bits per heavy atom. The number of nitrogens with zero attached hydrogens (tertiary/aromatic N) is 1. The zero-order valence-corrected chi connectivity index (χ0v) is 14.4. The van der Waals surface area contributed by atoms with Crippen molar-refractivity contribution in [1.82, 2.24) is 0 Å². The second-order valence-electron chi connectivity index (χ2n) is 6.17. The summed E-state index contributed by atoms with van der Waals surface area (Å²) in [6.07, 6.45) is 0. The molecule has 4 rings (SSSR count). The van der Waals surface area contributed by atoms with Gasteiger partial charge in [-0.2, -0.15) is 0 Å². The zero-order valence-electron chi connectivity index (χ0n) is 13.6. The number of para-hydroxylation sites is 1. The van der Waals surface area contributed by atoms with Crippen LogP contribution in [0.3, 0.4) is 0 Å². The maximum atomic E-state index is 2.40. The van der Waals surface area contributed by atoms with Crippen LogP contribution in [0.15, 0.2) is 70.5 Å². The summed E-state index contributed by atoms with van der Waals surface area (Å²) in [4.78, 5) is 5.05. The Hall–Kier alpha value is -2.19. The van der Waals surface area contributed by atoms with E-state index < -0.39 is 0 Å². The summed E-state index contributed by atoms with van der Waals surface area (Å²) >= 11 is 1.87. The van der Waals surface area contributed by atoms with Crippen LogP contribution >= 0.6 is 11.8 Å². The van der Waals surface area contributed by atoms with E-state index in [2.05, 4.69) is 86.3 Å². The maximum absolute atomic E-state index is 2.40. The van der Waals surface area contributed by atoms with Crippen molar-refractivity contribution in [3.63, 3.8) is 0 Å². The largest absolute Gasteiger partial charge is 0.308 e. The molecule has 23 heavy (non-hydrogen) atoms. The lowest BCUT2D eigenvalue weighted by atomic mass is 10.1. The number of hydrogen-bond acceptors (Lipinski definition) is 2. The topological polar surface area (TPSA) is 3.24 Å². The highest BCUT2D eigenvalue weighted by Gasteiger charge is 2.25. The molecule has 0 N–H and O–H groups in total. The first-order chi connectivity index (χ1) is 11.1. The van der Waals surface area contributed by atoms with Gasteiger partial charge in [-0.15, -0.1) is 0 Å². The third-order valence-electron chi connectivity index (χ3n) is 4.29. The van der Waals surface area contributed by atoms with E-state index in [-0.39, 0.29) is 0 Å². The van der Waals surface area contributed by atoms with Crippen LogP contribution in [0.25, 0.3) is 0 Å². The first-order valence-electron chi connectivity index (χ1n) is 7.88. The van der Waals surface area contributed by atoms with Crippen LogP contribution in [-0.4, -0.2) is 0 Å². The van der Waals surface area contributed by atoms with Gasteiger partial charge >= 0.3 is 0 Å². The van der Waals surface area contributed by atoms with Crippen molar-refractivity contribution in [3.05, 3.63) is 77.4 Å². The number of fused-ring (bicyclic) bond motifs is 2. The van der Waals surface area contributed by atoms with Gasteiger partial charge in [-0.3, -0.25) is 0 Å². The van der Waals surface area contributed by atoms with Gasteiger partial charge in [0.2, 0.25) is 0 Å². The van der Waals surface area contributed by atoms with Gasteiger partial charge in [0.1, 0.15) is 0 Å². The van der Waals surface area contributed by atoms with Crippen molar-refractivity contribution in [1.29, 1.82) is 0 Å². The van der Waals surface area contributed by atoms with E-state index >= 15 is 0 Å². The lowest BCUT2D eigenvalue weighted by Gasteiger charge is -2.34. The molecule has 114 valence electrons. The Morgan fingerprint density at radius 1 is 0.652 bits per heavy atom. The fourth-order valence-electron chi connectivity index (χ4n) is 3.10. The first-order valence-corrected chi connectivity index (χ1v) is 8.70. The molecule has 0 amide bonds. The fourth-order valence-corrected chi connectivity index (χ4v) is 4.35. The van der Waals surface area contributed by atoms with Gasteiger partial charge < -0.3 is 4.90 Å². The summed E-state index contributed by atoms with van der Waals surface area (Å²) in [6, 6.07) is 22.1. The smallest absolute Gasteiger partial charge is 0.0601 e. The van der Waals surface area contributed by atoms with Crippen LogP contribution in [0, 0.1) is 20.8 Å². The standard InChI is InChI=1S/C21H19NS/c1-14-8-10-18-20(12-14)23-21-13-15(2)9-11-19(21)22(18)17-7-5-4-6-16(17)3/h4-13H,1-3H3. The van der Waals surface area contributed by atoms with Gasteiger partial charge in [0.25, 0.3) is 0 Å². The molecule has 0 unspecified atom stereocenters. The van der Waals surface area contributed by atoms with Crippen molar-refractivity contribution in [2.24, 2.45) is 0 Å². The second kappa shape index (κ2) is 5.47. The number of anilines is 3. The van der Waals surface area contributed by atoms with E-state index in [0.29, 0.717) is 0 Å². The first kappa shape index (κ1) is 14.4. The SMILES string of the molecule is Cc1ccc2c(c1)Sc1cc(C)ccc1N2c1ccccc1C. The average molecular weight is 317 g/mol. The van der Waals surface area contributed by atoms with Gasteiger partial charge in [0.15, 0.2) is 0 Å². The highest BCUT2D eigenvalue weighted by molar-refractivity contribution is 7.99. The Labute approximate surface area is 142 Å². The van der Waals surface area contributed by atoms with Gasteiger partial charge in [0, 0.05) is 15.5 Å². The molecule has 0 fully saturated rings. The summed E-state index contributed by atoms with van der Waals surface area (Å²) < 4.78 is 0. The molecule has 0 aliphatic carbocycles. The molecule has 0 saturated carbocycles. The summed E-state index contributed by atoms with van der Waals surface area (Å²) in [5.41, 5.74) is 7.69. The molecule has 1 heterocycles. The highest BCUT2D eigenvalue weighted by Crippen LogP contribution is 2.52. The minimum atomic E-state index is 1.25. The molecule has 2 heteroatoms. The number of rotatable bonds is 1. The molecule has 1 aliphatic heterocycles. The molecule has 3 aromatic rings. The summed E-state index contributed by atoms with van der Waals surface area (Å²) in [7, 11) is 0. The van der Waals surface area contributed by atoms with E-state index in [9.17, 15) is 0 Å². The van der Waals surface area contributed by atoms with Crippen molar-refractivity contribution in [2.45, 2.75) is 30.6 Å². The lowest BCUT2D eigenvalue weighted by molar-refractivity contribution is 1.14. The minimum absolute atomic E-state index is 1.25. The Balaban J connectivity index is 2.00. The third-order valence-corrected chi connectivity index (χ3v) is 5.38. The molecule has 0 atom stereocenters. The van der Waals surface area contributed by atoms with Crippen LogP contribution < -0.4 is 4.90 Å². The van der Waals surface area contributed by atoms with E-state index in [0.717, 1.165) is 0 Å². The van der Waals surface area contributed by atoms with Crippen molar-refractivity contribution < 1.29 is 0 Å². The molecule has 1 nitrogen and oxygen atoms in total. The molecule has 0 aromatic heterocycles. The molecule has 0 bridgehead atoms. The zero-order chi connectivity index (χ0) is 16.0. The Kier molecular flexibility index (Phi) is 3.42. The van der Waals surface area contributed by atoms with E-state index in [1.807, 2.05) is 11.8 Å². The monoisotopic (exact) mass is 317 g/mol. The van der Waals surface area contributed by atoms with Gasteiger partial charge in [-0.25, -0.2) is 0 Å². The van der Waals surface area contributed by atoms with Gasteiger partial charge in [-0.1, -0.05) is 42.1 Å². The Morgan fingerprint density at radius 3 is 1.78 bits per heavy atom. The van der Waals surface area contributed by atoms with Gasteiger partial charge in [-0.05, 0) is 67.8 Å². The summed E-state index contributed by atoms with van der Waals surface area (Å²) in [5, 5.41) is 0.